The maximum Gasteiger partial charge on any atom is 0.328 e. The van der Waals surface area contributed by atoms with Crippen LogP contribution in [-0.2, 0) is 4.79 Å². The molecule has 0 aromatic heterocycles. The third-order valence-electron chi connectivity index (χ3n) is 2.36. The van der Waals surface area contributed by atoms with E-state index in [0.717, 1.165) is 0 Å². The second kappa shape index (κ2) is 4.66. The van der Waals surface area contributed by atoms with Gasteiger partial charge in [0.1, 0.15) is 0 Å². The molecule has 0 spiro atoms. The molecule has 0 aromatic carbocycles. The standard InChI is InChI=1S/C10H15NO2/c1-4-8(5-2)10(6-3,7-11)9(12)13/h4H,5-6H2,1-3H3,(H,12,13)/b8-4-. The van der Waals surface area contributed by atoms with E-state index in [9.17, 15) is 4.79 Å². The Labute approximate surface area is 78.7 Å². The van der Waals surface area contributed by atoms with Crippen LogP contribution in [0.25, 0.3) is 0 Å². The molecule has 0 aliphatic rings. The number of carboxylic acids is 1. The van der Waals surface area contributed by atoms with E-state index in [1.807, 2.05) is 13.0 Å². The van der Waals surface area contributed by atoms with Crippen LogP contribution in [0.1, 0.15) is 33.6 Å². The predicted octanol–water partition coefficient (Wildman–Crippen LogP) is 2.35. The van der Waals surface area contributed by atoms with Crippen molar-refractivity contribution in [3.05, 3.63) is 11.6 Å². The summed E-state index contributed by atoms with van der Waals surface area (Å²) in [6.07, 6.45) is 2.64. The van der Waals surface area contributed by atoms with Crippen molar-refractivity contribution in [3.8, 4) is 6.07 Å². The largest absolute Gasteiger partial charge is 0.480 e. The first-order chi connectivity index (χ1) is 6.08. The van der Waals surface area contributed by atoms with Crippen molar-refractivity contribution in [2.75, 3.05) is 0 Å². The molecular formula is C10H15NO2. The van der Waals surface area contributed by atoms with E-state index >= 15 is 0 Å². The molecule has 3 nitrogen and oxygen atoms in total. The average Bonchev–Trinajstić information content (AvgIpc) is 2.13. The monoisotopic (exact) mass is 181 g/mol. The Morgan fingerprint density at radius 3 is 2.23 bits per heavy atom. The Hall–Kier alpha value is -1.30. The van der Waals surface area contributed by atoms with Crippen molar-refractivity contribution in [3.63, 3.8) is 0 Å². The summed E-state index contributed by atoms with van der Waals surface area (Å²) in [5.74, 6) is -1.05. The van der Waals surface area contributed by atoms with Crippen LogP contribution in [0.15, 0.2) is 11.6 Å². The molecule has 72 valence electrons. The number of rotatable bonds is 4. The third-order valence-corrected chi connectivity index (χ3v) is 2.36. The lowest BCUT2D eigenvalue weighted by Crippen LogP contribution is -2.30. The zero-order valence-electron chi connectivity index (χ0n) is 8.29. The first-order valence-electron chi connectivity index (χ1n) is 4.39. The van der Waals surface area contributed by atoms with E-state index in [1.165, 1.54) is 0 Å². The van der Waals surface area contributed by atoms with Crippen molar-refractivity contribution in [1.29, 1.82) is 5.26 Å². The van der Waals surface area contributed by atoms with Gasteiger partial charge in [-0.25, -0.2) is 0 Å². The first-order valence-corrected chi connectivity index (χ1v) is 4.39. The molecule has 1 atom stereocenters. The van der Waals surface area contributed by atoms with E-state index in [2.05, 4.69) is 0 Å². The summed E-state index contributed by atoms with van der Waals surface area (Å²) >= 11 is 0. The minimum Gasteiger partial charge on any atom is -0.480 e. The van der Waals surface area contributed by atoms with Gasteiger partial charge in [0.2, 0.25) is 0 Å². The van der Waals surface area contributed by atoms with Gasteiger partial charge in [0, 0.05) is 0 Å². The molecule has 1 N–H and O–H groups in total. The van der Waals surface area contributed by atoms with Crippen LogP contribution in [0.4, 0.5) is 0 Å². The summed E-state index contributed by atoms with van der Waals surface area (Å²) in [5, 5.41) is 17.9. The molecule has 0 aliphatic carbocycles. The Morgan fingerprint density at radius 2 is 2.15 bits per heavy atom. The van der Waals surface area contributed by atoms with Crippen molar-refractivity contribution >= 4 is 5.97 Å². The summed E-state index contributed by atoms with van der Waals surface area (Å²) < 4.78 is 0. The number of carboxylic acid groups (broad SMARTS) is 1. The van der Waals surface area contributed by atoms with Gasteiger partial charge in [-0.1, -0.05) is 19.9 Å². The molecule has 0 bridgehead atoms. The van der Waals surface area contributed by atoms with Crippen LogP contribution in [0.3, 0.4) is 0 Å². The molecule has 1 unspecified atom stereocenters. The fourth-order valence-corrected chi connectivity index (χ4v) is 1.47. The van der Waals surface area contributed by atoms with Crippen molar-refractivity contribution in [1.82, 2.24) is 0 Å². The molecule has 0 aromatic rings. The molecule has 0 fully saturated rings. The second-order valence-electron chi connectivity index (χ2n) is 2.84. The fourth-order valence-electron chi connectivity index (χ4n) is 1.47. The minimum absolute atomic E-state index is 0.312. The van der Waals surface area contributed by atoms with Gasteiger partial charge < -0.3 is 5.11 Å². The highest BCUT2D eigenvalue weighted by molar-refractivity contribution is 5.82. The summed E-state index contributed by atoms with van der Waals surface area (Å²) in [4.78, 5) is 11.0. The lowest BCUT2D eigenvalue weighted by atomic mass is 9.78. The Morgan fingerprint density at radius 1 is 1.62 bits per heavy atom. The number of hydrogen-bond acceptors (Lipinski definition) is 2. The zero-order valence-corrected chi connectivity index (χ0v) is 8.29. The highest BCUT2D eigenvalue weighted by Crippen LogP contribution is 2.32. The van der Waals surface area contributed by atoms with E-state index in [-0.39, 0.29) is 0 Å². The number of allylic oxidation sites excluding steroid dienone is 1. The molecule has 0 radical (unpaired) electrons. The van der Waals surface area contributed by atoms with Gasteiger partial charge in [-0.15, -0.1) is 0 Å². The molecular weight excluding hydrogens is 166 g/mol. The maximum atomic E-state index is 11.0. The van der Waals surface area contributed by atoms with E-state index in [1.54, 1.807) is 19.9 Å². The SMILES string of the molecule is C/C=C(/CC)C(C#N)(CC)C(=O)O. The number of carbonyl (C=O) groups is 1. The Balaban J connectivity index is 5.24. The lowest BCUT2D eigenvalue weighted by Gasteiger charge is -2.22. The first kappa shape index (κ1) is 11.7. The number of nitriles is 1. The number of aliphatic carboxylic acids is 1. The molecule has 0 aliphatic heterocycles. The lowest BCUT2D eigenvalue weighted by molar-refractivity contribution is -0.143. The van der Waals surface area contributed by atoms with Gasteiger partial charge in [0.25, 0.3) is 0 Å². The van der Waals surface area contributed by atoms with Crippen molar-refractivity contribution in [2.24, 2.45) is 5.41 Å². The van der Waals surface area contributed by atoms with E-state index in [4.69, 9.17) is 10.4 Å². The normalized spacial score (nSPS) is 16.0. The number of hydrogen-bond donors (Lipinski definition) is 1. The quantitative estimate of drug-likeness (QED) is 0.677. The van der Waals surface area contributed by atoms with Crippen LogP contribution in [0.2, 0.25) is 0 Å². The fraction of sp³-hybridized carbons (Fsp3) is 0.600. The second-order valence-corrected chi connectivity index (χ2v) is 2.84. The van der Waals surface area contributed by atoms with Crippen LogP contribution in [-0.4, -0.2) is 11.1 Å². The van der Waals surface area contributed by atoms with Crippen molar-refractivity contribution < 1.29 is 9.90 Å². The molecule has 0 amide bonds. The molecule has 13 heavy (non-hydrogen) atoms. The van der Waals surface area contributed by atoms with Gasteiger partial charge in [-0.2, -0.15) is 5.26 Å². The Bertz CT molecular complexity index is 263. The third kappa shape index (κ3) is 1.89. The molecule has 0 heterocycles. The summed E-state index contributed by atoms with van der Waals surface area (Å²) in [7, 11) is 0. The topological polar surface area (TPSA) is 61.1 Å². The molecule has 0 saturated carbocycles. The highest BCUT2D eigenvalue weighted by atomic mass is 16.4. The number of nitrogens with zero attached hydrogens (tertiary/aromatic N) is 1. The summed E-state index contributed by atoms with van der Waals surface area (Å²) in [6.45, 7) is 5.35. The molecule has 0 rings (SSSR count). The minimum atomic E-state index is -1.32. The van der Waals surface area contributed by atoms with Crippen LogP contribution < -0.4 is 0 Å². The highest BCUT2D eigenvalue weighted by Gasteiger charge is 2.39. The zero-order chi connectivity index (χ0) is 10.5. The van der Waals surface area contributed by atoms with E-state index in [0.29, 0.717) is 18.4 Å². The van der Waals surface area contributed by atoms with Gasteiger partial charge >= 0.3 is 5.97 Å². The van der Waals surface area contributed by atoms with Gasteiger partial charge in [0.15, 0.2) is 5.41 Å². The average molecular weight is 181 g/mol. The summed E-state index contributed by atoms with van der Waals surface area (Å²) in [5.41, 5.74) is -0.631. The van der Waals surface area contributed by atoms with Crippen LogP contribution >= 0.6 is 0 Å². The van der Waals surface area contributed by atoms with Gasteiger partial charge in [-0.3, -0.25) is 4.79 Å². The smallest absolute Gasteiger partial charge is 0.328 e. The predicted molar refractivity (Wildman–Crippen MR) is 50.0 cm³/mol. The van der Waals surface area contributed by atoms with E-state index < -0.39 is 11.4 Å². The molecule has 0 saturated heterocycles. The molecule has 3 heteroatoms. The summed E-state index contributed by atoms with van der Waals surface area (Å²) in [6, 6.07) is 1.90. The van der Waals surface area contributed by atoms with Crippen LogP contribution in [0.5, 0.6) is 0 Å². The maximum absolute atomic E-state index is 11.0. The Kier molecular flexibility index (Phi) is 4.19. The van der Waals surface area contributed by atoms with Gasteiger partial charge in [-0.05, 0) is 25.3 Å². The van der Waals surface area contributed by atoms with Crippen LogP contribution in [0, 0.1) is 16.7 Å². The van der Waals surface area contributed by atoms with Crippen molar-refractivity contribution in [2.45, 2.75) is 33.6 Å². The van der Waals surface area contributed by atoms with Gasteiger partial charge in [0.05, 0.1) is 6.07 Å².